The minimum absolute atomic E-state index is 0.00146. The molecule has 0 radical (unpaired) electrons. The molecule has 1 saturated heterocycles. The minimum atomic E-state index is -3.80. The van der Waals surface area contributed by atoms with Crippen LogP contribution in [0, 0.1) is 5.92 Å². The lowest BCUT2D eigenvalue weighted by Gasteiger charge is -2.43. The maximum absolute atomic E-state index is 13.4. The first-order valence-corrected chi connectivity index (χ1v) is 13.8. The zero-order chi connectivity index (χ0) is 24.2. The molecule has 7 nitrogen and oxygen atoms in total. The van der Waals surface area contributed by atoms with Crippen LogP contribution in [0.2, 0.25) is 0 Å². The van der Waals surface area contributed by atoms with Crippen LogP contribution < -0.4 is 10.3 Å². The van der Waals surface area contributed by atoms with Crippen molar-refractivity contribution in [1.82, 2.24) is 9.47 Å². The number of benzene rings is 2. The number of aromatic nitrogens is 1. The van der Waals surface area contributed by atoms with Crippen molar-refractivity contribution in [2.75, 3.05) is 17.8 Å². The molecule has 2 aromatic carbocycles. The molecule has 2 bridgehead atoms. The number of hydrogen-bond donors (Lipinski definition) is 1. The Labute approximate surface area is 206 Å². The molecule has 4 aromatic rings. The summed E-state index contributed by atoms with van der Waals surface area (Å²) in [5.41, 5.74) is 1.22. The molecule has 2 aliphatic heterocycles. The Morgan fingerprint density at radius 2 is 1.77 bits per heavy atom. The lowest BCUT2D eigenvalue weighted by Crippen LogP contribution is -2.49. The molecular formula is C26H23N3O4S2. The van der Waals surface area contributed by atoms with Gasteiger partial charge < -0.3 is 9.47 Å². The average molecular weight is 506 g/mol. The number of likely N-dealkylation sites (tertiary alicyclic amines) is 1. The molecule has 2 atom stereocenters. The molecule has 6 rings (SSSR count). The van der Waals surface area contributed by atoms with E-state index in [0.29, 0.717) is 25.2 Å². The highest BCUT2D eigenvalue weighted by Crippen LogP contribution is 2.36. The molecule has 1 amide bonds. The smallest absolute Gasteiger partial charge is 0.275 e. The normalized spacial score (nSPS) is 19.4. The predicted molar refractivity (Wildman–Crippen MR) is 137 cm³/mol. The largest absolute Gasteiger partial charge is 0.338 e. The Hall–Kier alpha value is -3.43. The van der Waals surface area contributed by atoms with Crippen LogP contribution in [-0.2, 0) is 16.6 Å². The van der Waals surface area contributed by atoms with Gasteiger partial charge in [-0.2, -0.15) is 0 Å². The number of carbonyl (C=O) groups is 1. The monoisotopic (exact) mass is 505 g/mol. The van der Waals surface area contributed by atoms with Gasteiger partial charge in [-0.3, -0.25) is 14.3 Å². The number of piperidine rings is 1. The molecule has 0 spiro atoms. The zero-order valence-electron chi connectivity index (χ0n) is 18.8. The highest BCUT2D eigenvalue weighted by molar-refractivity contribution is 7.94. The summed E-state index contributed by atoms with van der Waals surface area (Å²) >= 11 is 1.10. The molecule has 2 aliphatic rings. The van der Waals surface area contributed by atoms with Gasteiger partial charge in [0.15, 0.2) is 0 Å². The molecule has 35 heavy (non-hydrogen) atoms. The van der Waals surface area contributed by atoms with Crippen molar-refractivity contribution in [3.63, 3.8) is 0 Å². The van der Waals surface area contributed by atoms with Gasteiger partial charge in [0.2, 0.25) is 0 Å². The Morgan fingerprint density at radius 3 is 2.57 bits per heavy atom. The second kappa shape index (κ2) is 8.35. The van der Waals surface area contributed by atoms with Crippen molar-refractivity contribution in [3.05, 3.63) is 93.7 Å². The summed E-state index contributed by atoms with van der Waals surface area (Å²) in [5, 5.41) is 3.81. The number of pyridine rings is 1. The minimum Gasteiger partial charge on any atom is -0.338 e. The number of sulfonamides is 1. The van der Waals surface area contributed by atoms with E-state index in [-0.39, 0.29) is 33.2 Å². The summed E-state index contributed by atoms with van der Waals surface area (Å²) in [7, 11) is -3.80. The molecule has 0 unspecified atom stereocenters. The van der Waals surface area contributed by atoms with E-state index >= 15 is 0 Å². The first-order valence-electron chi connectivity index (χ1n) is 11.5. The van der Waals surface area contributed by atoms with Crippen LogP contribution in [0.5, 0.6) is 0 Å². The quantitative estimate of drug-likeness (QED) is 0.452. The number of anilines is 1. The summed E-state index contributed by atoms with van der Waals surface area (Å²) in [6, 6.07) is 20.3. The molecule has 1 N–H and O–H groups in total. The van der Waals surface area contributed by atoms with Crippen LogP contribution >= 0.6 is 11.3 Å². The number of nitrogens with zero attached hydrogens (tertiary/aromatic N) is 2. The summed E-state index contributed by atoms with van der Waals surface area (Å²) in [6.07, 6.45) is 0.904. The van der Waals surface area contributed by atoms with Gasteiger partial charge in [-0.25, -0.2) is 8.42 Å². The van der Waals surface area contributed by atoms with E-state index < -0.39 is 10.0 Å². The number of fused-ring (bicyclic) bond motifs is 5. The van der Waals surface area contributed by atoms with E-state index in [4.69, 9.17) is 0 Å². The van der Waals surface area contributed by atoms with Gasteiger partial charge in [-0.05, 0) is 58.8 Å². The Morgan fingerprint density at radius 1 is 0.943 bits per heavy atom. The highest BCUT2D eigenvalue weighted by Gasteiger charge is 2.37. The van der Waals surface area contributed by atoms with E-state index in [9.17, 15) is 18.0 Å². The third kappa shape index (κ3) is 3.94. The van der Waals surface area contributed by atoms with Crippen LogP contribution in [-0.4, -0.2) is 36.9 Å². The van der Waals surface area contributed by atoms with Crippen molar-refractivity contribution in [2.45, 2.75) is 23.1 Å². The van der Waals surface area contributed by atoms with Crippen LogP contribution in [0.15, 0.2) is 81.1 Å². The average Bonchev–Trinajstić information content (AvgIpc) is 3.41. The van der Waals surface area contributed by atoms with E-state index in [1.165, 1.54) is 6.07 Å². The van der Waals surface area contributed by atoms with Gasteiger partial charge in [-0.15, -0.1) is 11.3 Å². The standard InChI is InChI=1S/C26H23N3O4S2/c30-25(20-8-7-18-4-1-2-5-19(18)13-20)28-14-17-12-21(16-28)23-10-9-22(26(31)29(23)15-17)27-35(32,33)24-6-3-11-34-24/h1-11,13,17,21,27H,12,14-16H2/t17-,21-/m1/s1. The number of hydrogen-bond acceptors (Lipinski definition) is 5. The molecule has 9 heteroatoms. The molecule has 4 heterocycles. The summed E-state index contributed by atoms with van der Waals surface area (Å²) in [4.78, 5) is 28.5. The van der Waals surface area contributed by atoms with E-state index in [1.54, 1.807) is 22.1 Å². The molecule has 2 aromatic heterocycles. The van der Waals surface area contributed by atoms with Crippen molar-refractivity contribution >= 4 is 43.7 Å². The SMILES string of the molecule is O=C(c1ccc2ccccc2c1)N1C[C@H]2C[C@H](C1)c1ccc(NS(=O)(=O)c3cccs3)c(=O)n1C2. The van der Waals surface area contributed by atoms with Gasteiger partial charge in [-0.1, -0.05) is 36.4 Å². The van der Waals surface area contributed by atoms with Gasteiger partial charge in [0.1, 0.15) is 9.90 Å². The topological polar surface area (TPSA) is 88.5 Å². The molecule has 0 saturated carbocycles. The lowest BCUT2D eigenvalue weighted by atomic mass is 9.83. The summed E-state index contributed by atoms with van der Waals surface area (Å²) < 4.78 is 29.5. The predicted octanol–water partition coefficient (Wildman–Crippen LogP) is 4.12. The maximum atomic E-state index is 13.4. The molecular weight excluding hydrogens is 482 g/mol. The summed E-state index contributed by atoms with van der Waals surface area (Å²) in [5.74, 6) is 0.164. The fraction of sp³-hybridized carbons (Fsp3) is 0.231. The van der Waals surface area contributed by atoms with Gasteiger partial charge >= 0.3 is 0 Å². The number of carbonyl (C=O) groups excluding carboxylic acids is 1. The molecule has 1 fully saturated rings. The fourth-order valence-electron chi connectivity index (χ4n) is 5.31. The Bertz CT molecular complexity index is 1610. The van der Waals surface area contributed by atoms with E-state index in [1.807, 2.05) is 53.4 Å². The summed E-state index contributed by atoms with van der Waals surface area (Å²) in [6.45, 7) is 1.56. The van der Waals surface area contributed by atoms with Crippen molar-refractivity contribution in [1.29, 1.82) is 0 Å². The van der Waals surface area contributed by atoms with Gasteiger partial charge in [0.05, 0.1) is 0 Å². The third-order valence-electron chi connectivity index (χ3n) is 6.89. The highest BCUT2D eigenvalue weighted by atomic mass is 32.2. The third-order valence-corrected chi connectivity index (χ3v) is 9.66. The van der Waals surface area contributed by atoms with Crippen molar-refractivity contribution < 1.29 is 13.2 Å². The second-order valence-corrected chi connectivity index (χ2v) is 12.1. The fourth-order valence-corrected chi connectivity index (χ4v) is 7.36. The molecule has 0 aliphatic carbocycles. The maximum Gasteiger partial charge on any atom is 0.275 e. The van der Waals surface area contributed by atoms with Crippen LogP contribution in [0.3, 0.4) is 0 Å². The molecule has 178 valence electrons. The van der Waals surface area contributed by atoms with Gasteiger partial charge in [0.25, 0.3) is 21.5 Å². The number of thiophene rings is 1. The number of rotatable bonds is 4. The van der Waals surface area contributed by atoms with Crippen LogP contribution in [0.25, 0.3) is 10.8 Å². The number of nitrogens with one attached hydrogen (secondary N) is 1. The number of amides is 1. The first-order chi connectivity index (χ1) is 16.9. The van der Waals surface area contributed by atoms with Crippen molar-refractivity contribution in [3.8, 4) is 0 Å². The Kier molecular flexibility index (Phi) is 5.26. The Balaban J connectivity index is 1.26. The van der Waals surface area contributed by atoms with E-state index in [2.05, 4.69) is 4.72 Å². The van der Waals surface area contributed by atoms with Gasteiger partial charge in [0, 0.05) is 36.8 Å². The lowest BCUT2D eigenvalue weighted by molar-refractivity contribution is 0.0595. The van der Waals surface area contributed by atoms with E-state index in [0.717, 1.165) is 34.2 Å². The van der Waals surface area contributed by atoms with Crippen LogP contribution in [0.1, 0.15) is 28.4 Å². The van der Waals surface area contributed by atoms with Crippen molar-refractivity contribution in [2.24, 2.45) is 5.92 Å². The van der Waals surface area contributed by atoms with Crippen LogP contribution in [0.4, 0.5) is 5.69 Å². The zero-order valence-corrected chi connectivity index (χ0v) is 20.4. The first kappa shape index (κ1) is 22.1. The second-order valence-electron chi connectivity index (χ2n) is 9.20.